The highest BCUT2D eigenvalue weighted by molar-refractivity contribution is 7.89. The first-order valence-corrected chi connectivity index (χ1v) is 13.4. The van der Waals surface area contributed by atoms with Crippen LogP contribution >= 0.6 is 23.2 Å². The number of ether oxygens (including phenoxy) is 2. The molecule has 0 fully saturated rings. The van der Waals surface area contributed by atoms with Gasteiger partial charge >= 0.3 is 6.01 Å². The zero-order valence-corrected chi connectivity index (χ0v) is 21.9. The van der Waals surface area contributed by atoms with Crippen LogP contribution < -0.4 is 14.2 Å². The molecule has 0 aliphatic carbocycles. The molecule has 36 heavy (non-hydrogen) atoms. The summed E-state index contributed by atoms with van der Waals surface area (Å²) in [5, 5.41) is 8.70. The lowest BCUT2D eigenvalue weighted by molar-refractivity contribution is 0.305. The van der Waals surface area contributed by atoms with E-state index in [0.717, 1.165) is 5.56 Å². The molecule has 0 saturated heterocycles. The van der Waals surface area contributed by atoms with Crippen LogP contribution in [-0.2, 0) is 23.2 Å². The molecule has 0 bridgehead atoms. The summed E-state index contributed by atoms with van der Waals surface area (Å²) in [4.78, 5) is -0.00244. The van der Waals surface area contributed by atoms with Crippen molar-refractivity contribution < 1.29 is 17.9 Å². The molecule has 188 valence electrons. The van der Waals surface area contributed by atoms with Gasteiger partial charge in [-0.25, -0.2) is 13.1 Å². The van der Waals surface area contributed by atoms with Gasteiger partial charge in [0.05, 0.1) is 21.0 Å². The molecule has 4 aromatic rings. The van der Waals surface area contributed by atoms with Gasteiger partial charge in [-0.3, -0.25) is 4.57 Å². The van der Waals surface area contributed by atoms with E-state index in [1.807, 2.05) is 37.3 Å². The number of benzene rings is 3. The number of hydrogen-bond acceptors (Lipinski definition) is 6. The number of sulfonamides is 1. The number of nitrogens with one attached hydrogen (secondary N) is 1. The molecule has 11 heteroatoms. The van der Waals surface area contributed by atoms with Crippen LogP contribution in [0.15, 0.2) is 77.7 Å². The van der Waals surface area contributed by atoms with Crippen molar-refractivity contribution >= 4 is 33.2 Å². The second-order valence-electron chi connectivity index (χ2n) is 7.85. The molecule has 0 aliphatic heterocycles. The third kappa shape index (κ3) is 6.17. The SMILES string of the molecule is CCn1c(Oc2ccc(OCc3ccccc3)cc2)nnc1[C@@H](C)NS(=O)(=O)c1ccc(Cl)c(Cl)c1. The Morgan fingerprint density at radius 2 is 1.64 bits per heavy atom. The van der Waals surface area contributed by atoms with Gasteiger partial charge in [-0.15, -0.1) is 5.10 Å². The van der Waals surface area contributed by atoms with Crippen molar-refractivity contribution in [3.63, 3.8) is 0 Å². The minimum atomic E-state index is -3.88. The Hall–Kier alpha value is -3.11. The quantitative estimate of drug-likeness (QED) is 0.261. The van der Waals surface area contributed by atoms with Gasteiger partial charge in [0.25, 0.3) is 0 Å². The molecule has 0 amide bonds. The van der Waals surface area contributed by atoms with Gasteiger partial charge < -0.3 is 9.47 Å². The second-order valence-corrected chi connectivity index (χ2v) is 10.4. The van der Waals surface area contributed by atoms with Gasteiger partial charge in [0.2, 0.25) is 10.0 Å². The minimum Gasteiger partial charge on any atom is -0.489 e. The highest BCUT2D eigenvalue weighted by Gasteiger charge is 2.24. The molecule has 0 aliphatic rings. The average Bonchev–Trinajstić information content (AvgIpc) is 3.28. The van der Waals surface area contributed by atoms with Crippen LogP contribution in [0, 0.1) is 0 Å². The van der Waals surface area contributed by atoms with Gasteiger partial charge in [0, 0.05) is 6.54 Å². The van der Waals surface area contributed by atoms with E-state index in [9.17, 15) is 8.42 Å². The second kappa shape index (κ2) is 11.3. The predicted octanol–water partition coefficient (Wildman–Crippen LogP) is 6.02. The average molecular weight is 547 g/mol. The Bertz CT molecular complexity index is 1430. The van der Waals surface area contributed by atoms with Crippen LogP contribution in [-0.4, -0.2) is 23.2 Å². The summed E-state index contributed by atoms with van der Waals surface area (Å²) in [6.07, 6.45) is 0. The summed E-state index contributed by atoms with van der Waals surface area (Å²) in [5.74, 6) is 1.65. The highest BCUT2D eigenvalue weighted by atomic mass is 35.5. The monoisotopic (exact) mass is 546 g/mol. The largest absolute Gasteiger partial charge is 0.489 e. The van der Waals surface area contributed by atoms with Crippen molar-refractivity contribution in [3.05, 3.63) is 94.2 Å². The van der Waals surface area contributed by atoms with Crippen molar-refractivity contribution in [2.24, 2.45) is 0 Å². The van der Waals surface area contributed by atoms with Gasteiger partial charge in [-0.1, -0.05) is 58.6 Å². The molecule has 0 saturated carbocycles. The smallest absolute Gasteiger partial charge is 0.322 e. The highest BCUT2D eigenvalue weighted by Crippen LogP contribution is 2.28. The van der Waals surface area contributed by atoms with Crippen molar-refractivity contribution in [2.75, 3.05) is 0 Å². The van der Waals surface area contributed by atoms with Crippen molar-refractivity contribution in [1.29, 1.82) is 0 Å². The van der Waals surface area contributed by atoms with Crippen LogP contribution in [0.5, 0.6) is 17.5 Å². The molecule has 8 nitrogen and oxygen atoms in total. The van der Waals surface area contributed by atoms with Gasteiger partial charge in [0.15, 0.2) is 5.82 Å². The zero-order valence-electron chi connectivity index (χ0n) is 19.6. The third-order valence-corrected chi connectivity index (χ3v) is 7.54. The summed E-state index contributed by atoms with van der Waals surface area (Å²) >= 11 is 11.9. The molecule has 0 spiro atoms. The lowest BCUT2D eigenvalue weighted by Crippen LogP contribution is -2.29. The molecule has 1 aromatic heterocycles. The Balaban J connectivity index is 1.44. The fraction of sp³-hybridized carbons (Fsp3) is 0.200. The molecule has 3 aromatic carbocycles. The van der Waals surface area contributed by atoms with Crippen molar-refractivity contribution in [1.82, 2.24) is 19.5 Å². The molecule has 1 heterocycles. The Morgan fingerprint density at radius 1 is 0.944 bits per heavy atom. The molecule has 1 atom stereocenters. The summed E-state index contributed by atoms with van der Waals surface area (Å²) in [6.45, 7) is 4.49. The Kier molecular flexibility index (Phi) is 8.15. The van der Waals surface area contributed by atoms with E-state index >= 15 is 0 Å². The summed E-state index contributed by atoms with van der Waals surface area (Å²) in [7, 11) is -3.88. The van der Waals surface area contributed by atoms with Crippen molar-refractivity contribution in [3.8, 4) is 17.5 Å². The van der Waals surface area contributed by atoms with E-state index in [2.05, 4.69) is 14.9 Å². The Morgan fingerprint density at radius 3 is 2.31 bits per heavy atom. The molecule has 0 unspecified atom stereocenters. The summed E-state index contributed by atoms with van der Waals surface area (Å²) < 4.78 is 41.7. The lowest BCUT2D eigenvalue weighted by Gasteiger charge is -2.15. The topological polar surface area (TPSA) is 95.3 Å². The lowest BCUT2D eigenvalue weighted by atomic mass is 10.2. The van der Waals surface area contributed by atoms with E-state index in [1.54, 1.807) is 35.8 Å². The number of hydrogen-bond donors (Lipinski definition) is 1. The molecule has 1 N–H and O–H groups in total. The first kappa shape index (κ1) is 26.0. The normalized spacial score (nSPS) is 12.3. The fourth-order valence-electron chi connectivity index (χ4n) is 3.44. The molecule has 4 rings (SSSR count). The zero-order chi connectivity index (χ0) is 25.7. The van der Waals surface area contributed by atoms with Crippen molar-refractivity contribution in [2.45, 2.75) is 37.9 Å². The number of halogens is 2. The number of rotatable bonds is 10. The predicted molar refractivity (Wildman–Crippen MR) is 138 cm³/mol. The van der Waals surface area contributed by atoms with Gasteiger partial charge in [-0.2, -0.15) is 0 Å². The summed E-state index contributed by atoms with van der Waals surface area (Å²) in [5.41, 5.74) is 1.07. The third-order valence-electron chi connectivity index (χ3n) is 5.26. The van der Waals surface area contributed by atoms with E-state index in [-0.39, 0.29) is 21.0 Å². The first-order valence-electron chi connectivity index (χ1n) is 11.1. The maximum absolute atomic E-state index is 12.8. The molecule has 0 radical (unpaired) electrons. The van der Waals surface area contributed by atoms with Crippen LogP contribution in [0.4, 0.5) is 0 Å². The van der Waals surface area contributed by atoms with Crippen LogP contribution in [0.1, 0.15) is 31.3 Å². The van der Waals surface area contributed by atoms with Gasteiger partial charge in [-0.05, 0) is 61.9 Å². The number of aromatic nitrogens is 3. The molecular formula is C25H24Cl2N4O4S. The first-order chi connectivity index (χ1) is 17.3. The van der Waals surface area contributed by atoms with Gasteiger partial charge in [0.1, 0.15) is 18.1 Å². The molecular weight excluding hydrogens is 523 g/mol. The van der Waals surface area contributed by atoms with E-state index < -0.39 is 16.1 Å². The van der Waals surface area contributed by atoms with Crippen LogP contribution in [0.25, 0.3) is 0 Å². The number of nitrogens with zero attached hydrogens (tertiary/aromatic N) is 3. The van der Waals surface area contributed by atoms with Crippen LogP contribution in [0.2, 0.25) is 10.0 Å². The van der Waals surface area contributed by atoms with E-state index in [0.29, 0.717) is 30.5 Å². The fourth-order valence-corrected chi connectivity index (χ4v) is 5.03. The standard InChI is InChI=1S/C25H24Cl2N4O4S/c1-3-31-24(17(2)30-36(32,33)21-13-14-22(26)23(27)15-21)28-29-25(31)35-20-11-9-19(10-12-20)34-16-18-7-5-4-6-8-18/h4-15,17,30H,3,16H2,1-2H3/t17-/m1/s1. The summed E-state index contributed by atoms with van der Waals surface area (Å²) in [6, 6.07) is 20.7. The maximum atomic E-state index is 12.8. The Labute approximate surface area is 219 Å². The minimum absolute atomic E-state index is 0.00244. The maximum Gasteiger partial charge on any atom is 0.322 e. The van der Waals surface area contributed by atoms with Crippen LogP contribution in [0.3, 0.4) is 0 Å². The van der Waals surface area contributed by atoms with E-state index in [1.165, 1.54) is 18.2 Å². The van der Waals surface area contributed by atoms with E-state index in [4.69, 9.17) is 32.7 Å².